The van der Waals surface area contributed by atoms with Gasteiger partial charge in [0.2, 0.25) is 6.79 Å². The van der Waals surface area contributed by atoms with Gasteiger partial charge < -0.3 is 20.1 Å². The zero-order valence-electron chi connectivity index (χ0n) is 12.8. The minimum Gasteiger partial charge on any atom is -0.454 e. The first-order valence-electron chi connectivity index (χ1n) is 7.01. The number of amides is 2. The summed E-state index contributed by atoms with van der Waals surface area (Å²) in [6.45, 7) is 0.500. The van der Waals surface area contributed by atoms with Crippen molar-refractivity contribution in [1.82, 2.24) is 10.3 Å². The Labute approximate surface area is 138 Å². The molecule has 0 unspecified atom stereocenters. The predicted octanol–water partition coefficient (Wildman–Crippen LogP) is 1.54. The zero-order valence-corrected chi connectivity index (χ0v) is 13.6. The number of nitrogens with zero attached hydrogens (tertiary/aromatic N) is 1. The first-order valence-corrected chi connectivity index (χ1v) is 8.90. The van der Waals surface area contributed by atoms with E-state index in [1.54, 1.807) is 12.1 Å². The molecule has 0 saturated carbocycles. The molecule has 2 N–H and O–H groups in total. The molecule has 8 nitrogen and oxygen atoms in total. The van der Waals surface area contributed by atoms with E-state index in [1.807, 2.05) is 6.07 Å². The number of fused-ring (bicyclic) bond motifs is 1. The van der Waals surface area contributed by atoms with Crippen molar-refractivity contribution in [3.63, 3.8) is 0 Å². The molecule has 0 bridgehead atoms. The Morgan fingerprint density at radius 2 is 2.00 bits per heavy atom. The molecule has 2 amide bonds. The van der Waals surface area contributed by atoms with Gasteiger partial charge in [0, 0.05) is 12.8 Å². The Hall–Kier alpha value is -2.81. The van der Waals surface area contributed by atoms with Crippen LogP contribution in [0.25, 0.3) is 0 Å². The smallest absolute Gasteiger partial charge is 0.319 e. The van der Waals surface area contributed by atoms with Crippen LogP contribution in [0, 0.1) is 0 Å². The molecule has 3 rings (SSSR count). The van der Waals surface area contributed by atoms with Crippen LogP contribution in [0.2, 0.25) is 0 Å². The molecule has 126 valence electrons. The summed E-state index contributed by atoms with van der Waals surface area (Å²) in [4.78, 5) is 15.7. The fourth-order valence-electron chi connectivity index (χ4n) is 2.08. The van der Waals surface area contributed by atoms with E-state index in [0.717, 1.165) is 11.8 Å². The molecule has 2 heterocycles. The van der Waals surface area contributed by atoms with Crippen molar-refractivity contribution < 1.29 is 22.7 Å². The van der Waals surface area contributed by atoms with Gasteiger partial charge in [0.25, 0.3) is 0 Å². The normalized spacial score (nSPS) is 12.7. The van der Waals surface area contributed by atoms with Crippen molar-refractivity contribution in [1.29, 1.82) is 0 Å². The number of urea groups is 1. The number of hydrogen-bond donors (Lipinski definition) is 2. The lowest BCUT2D eigenvalue weighted by Gasteiger charge is -2.08. The van der Waals surface area contributed by atoms with Gasteiger partial charge in [0.1, 0.15) is 0 Å². The van der Waals surface area contributed by atoms with E-state index in [4.69, 9.17) is 9.47 Å². The number of carbonyl (C=O) groups is 1. The van der Waals surface area contributed by atoms with Crippen molar-refractivity contribution in [3.8, 4) is 11.5 Å². The molecule has 0 saturated heterocycles. The van der Waals surface area contributed by atoms with Crippen LogP contribution in [0.15, 0.2) is 41.6 Å². The molecule has 0 atom stereocenters. The minimum atomic E-state index is -3.36. The van der Waals surface area contributed by atoms with Crippen LogP contribution >= 0.6 is 0 Å². The lowest BCUT2D eigenvalue weighted by molar-refractivity contribution is 0.174. The van der Waals surface area contributed by atoms with Crippen molar-refractivity contribution >= 4 is 21.6 Å². The maximum atomic E-state index is 11.9. The average Bonchev–Trinajstić information content (AvgIpc) is 3.00. The predicted molar refractivity (Wildman–Crippen MR) is 85.8 cm³/mol. The Morgan fingerprint density at radius 1 is 1.21 bits per heavy atom. The van der Waals surface area contributed by atoms with Gasteiger partial charge in [0.15, 0.2) is 26.4 Å². The molecule has 2 aromatic rings. The highest BCUT2D eigenvalue weighted by molar-refractivity contribution is 7.90. The number of ether oxygens (including phenoxy) is 2. The van der Waals surface area contributed by atoms with Crippen molar-refractivity contribution in [2.24, 2.45) is 0 Å². The molecule has 1 aromatic heterocycles. The fourth-order valence-corrected chi connectivity index (χ4v) is 2.64. The zero-order chi connectivity index (χ0) is 17.2. The first kappa shape index (κ1) is 16.1. The summed E-state index contributed by atoms with van der Waals surface area (Å²) >= 11 is 0. The molecule has 0 radical (unpaired) electrons. The maximum Gasteiger partial charge on any atom is 0.319 e. The van der Waals surface area contributed by atoms with Gasteiger partial charge in [-0.05, 0) is 29.8 Å². The third kappa shape index (κ3) is 3.74. The number of hydrogen-bond acceptors (Lipinski definition) is 6. The van der Waals surface area contributed by atoms with Crippen LogP contribution in [0.4, 0.5) is 10.5 Å². The van der Waals surface area contributed by atoms with E-state index in [0.29, 0.717) is 23.7 Å². The standard InChI is InChI=1S/C15H15N3O5S/c1-24(20,21)14-5-3-11(8-16-14)18-15(19)17-7-10-2-4-12-13(6-10)23-9-22-12/h2-6,8H,7,9H2,1H3,(H2,17,18,19). The number of aromatic nitrogens is 1. The number of pyridine rings is 1. The van der Waals surface area contributed by atoms with E-state index in [2.05, 4.69) is 15.6 Å². The molecular formula is C15H15N3O5S. The number of anilines is 1. The maximum absolute atomic E-state index is 11.9. The summed E-state index contributed by atoms with van der Waals surface area (Å²) < 4.78 is 33.1. The summed E-state index contributed by atoms with van der Waals surface area (Å²) in [6, 6.07) is 7.79. The van der Waals surface area contributed by atoms with Crippen LogP contribution in [-0.4, -0.2) is 32.5 Å². The average molecular weight is 349 g/mol. The van der Waals surface area contributed by atoms with Gasteiger partial charge in [-0.25, -0.2) is 18.2 Å². The van der Waals surface area contributed by atoms with E-state index < -0.39 is 15.9 Å². The van der Waals surface area contributed by atoms with Gasteiger partial charge in [-0.3, -0.25) is 0 Å². The second kappa shape index (κ2) is 6.36. The number of benzene rings is 1. The highest BCUT2D eigenvalue weighted by Gasteiger charge is 2.13. The molecule has 1 aliphatic heterocycles. The summed E-state index contributed by atoms with van der Waals surface area (Å²) in [6.07, 6.45) is 2.36. The van der Waals surface area contributed by atoms with Crippen molar-refractivity contribution in [3.05, 3.63) is 42.1 Å². The van der Waals surface area contributed by atoms with Crippen LogP contribution in [0.1, 0.15) is 5.56 Å². The molecule has 1 aliphatic rings. The number of rotatable bonds is 4. The second-order valence-corrected chi connectivity index (χ2v) is 7.12. The summed E-state index contributed by atoms with van der Waals surface area (Å²) in [5.74, 6) is 1.33. The monoisotopic (exact) mass is 349 g/mol. The Balaban J connectivity index is 1.56. The number of nitrogens with one attached hydrogen (secondary N) is 2. The summed E-state index contributed by atoms with van der Waals surface area (Å²) in [5.41, 5.74) is 1.26. The van der Waals surface area contributed by atoms with Crippen LogP contribution in [-0.2, 0) is 16.4 Å². The molecule has 0 aliphatic carbocycles. The molecule has 1 aromatic carbocycles. The fraction of sp³-hybridized carbons (Fsp3) is 0.200. The lowest BCUT2D eigenvalue weighted by Crippen LogP contribution is -2.28. The minimum absolute atomic E-state index is 0.0474. The molecule has 24 heavy (non-hydrogen) atoms. The molecule has 9 heteroatoms. The first-order chi connectivity index (χ1) is 11.4. The third-order valence-corrected chi connectivity index (χ3v) is 4.27. The van der Waals surface area contributed by atoms with Gasteiger partial charge in [-0.1, -0.05) is 6.07 Å². The van der Waals surface area contributed by atoms with Gasteiger partial charge in [-0.2, -0.15) is 0 Å². The molecule has 0 spiro atoms. The Bertz CT molecular complexity index is 865. The lowest BCUT2D eigenvalue weighted by atomic mass is 10.2. The SMILES string of the molecule is CS(=O)(=O)c1ccc(NC(=O)NCc2ccc3c(c2)OCO3)cn1. The van der Waals surface area contributed by atoms with Crippen LogP contribution < -0.4 is 20.1 Å². The van der Waals surface area contributed by atoms with E-state index in [1.165, 1.54) is 18.3 Å². The van der Waals surface area contributed by atoms with Crippen LogP contribution in [0.5, 0.6) is 11.5 Å². The van der Waals surface area contributed by atoms with Crippen molar-refractivity contribution in [2.45, 2.75) is 11.6 Å². The summed E-state index contributed by atoms with van der Waals surface area (Å²) in [5, 5.41) is 5.22. The summed E-state index contributed by atoms with van der Waals surface area (Å²) in [7, 11) is -3.36. The second-order valence-electron chi connectivity index (χ2n) is 5.15. The Morgan fingerprint density at radius 3 is 2.71 bits per heavy atom. The van der Waals surface area contributed by atoms with E-state index >= 15 is 0 Å². The van der Waals surface area contributed by atoms with Crippen molar-refractivity contribution in [2.75, 3.05) is 18.4 Å². The number of carbonyl (C=O) groups excluding carboxylic acids is 1. The van der Waals surface area contributed by atoms with Gasteiger partial charge in [-0.15, -0.1) is 0 Å². The molecule has 0 fully saturated rings. The van der Waals surface area contributed by atoms with Gasteiger partial charge in [0.05, 0.1) is 11.9 Å². The molecular weight excluding hydrogens is 334 g/mol. The largest absolute Gasteiger partial charge is 0.454 e. The van der Waals surface area contributed by atoms with E-state index in [9.17, 15) is 13.2 Å². The van der Waals surface area contributed by atoms with Gasteiger partial charge >= 0.3 is 6.03 Å². The third-order valence-electron chi connectivity index (χ3n) is 3.26. The quantitative estimate of drug-likeness (QED) is 0.867. The topological polar surface area (TPSA) is 107 Å². The Kier molecular flexibility index (Phi) is 4.26. The van der Waals surface area contributed by atoms with Crippen LogP contribution in [0.3, 0.4) is 0 Å². The van der Waals surface area contributed by atoms with E-state index in [-0.39, 0.29) is 11.8 Å². The highest BCUT2D eigenvalue weighted by Crippen LogP contribution is 2.32. The highest BCUT2D eigenvalue weighted by atomic mass is 32.2. The number of sulfone groups is 1.